The molecule has 0 bridgehead atoms. The van der Waals surface area contributed by atoms with Gasteiger partial charge in [-0.15, -0.1) is 0 Å². The average molecular weight is 349 g/mol. The maximum Gasteiger partial charge on any atom is 0.327 e. The van der Waals surface area contributed by atoms with E-state index in [4.69, 9.17) is 12.2 Å². The van der Waals surface area contributed by atoms with Gasteiger partial charge >= 0.3 is 5.97 Å². The van der Waals surface area contributed by atoms with Crippen molar-refractivity contribution in [1.29, 1.82) is 0 Å². The van der Waals surface area contributed by atoms with E-state index in [1.54, 1.807) is 6.08 Å². The van der Waals surface area contributed by atoms with Crippen molar-refractivity contribution in [2.45, 2.75) is 33.2 Å². The lowest BCUT2D eigenvalue weighted by Crippen LogP contribution is -2.47. The largest absolute Gasteiger partial charge is 0.480 e. The van der Waals surface area contributed by atoms with E-state index in [0.29, 0.717) is 15.6 Å². The van der Waals surface area contributed by atoms with Crippen LogP contribution in [0.25, 0.3) is 6.08 Å². The van der Waals surface area contributed by atoms with E-state index >= 15 is 0 Å². The number of thioether (sulfide) groups is 1. The predicted molar refractivity (Wildman–Crippen MR) is 97.1 cm³/mol. The topological polar surface area (TPSA) is 57.6 Å². The number of aliphatic carboxylic acids is 1. The minimum Gasteiger partial charge on any atom is -0.480 e. The van der Waals surface area contributed by atoms with Gasteiger partial charge < -0.3 is 5.11 Å². The van der Waals surface area contributed by atoms with Gasteiger partial charge in [0, 0.05) is 0 Å². The molecule has 0 aliphatic carbocycles. The Balaban J connectivity index is 2.34. The van der Waals surface area contributed by atoms with Crippen LogP contribution in [0.5, 0.6) is 0 Å². The number of carboxylic acid groups (broad SMARTS) is 1. The summed E-state index contributed by atoms with van der Waals surface area (Å²) in [5.74, 6) is -1.52. The minimum absolute atomic E-state index is 0.173. The van der Waals surface area contributed by atoms with Crippen molar-refractivity contribution >= 4 is 46.3 Å². The molecule has 2 rings (SSSR count). The molecule has 1 fully saturated rings. The van der Waals surface area contributed by atoms with Crippen molar-refractivity contribution in [3.8, 4) is 0 Å². The summed E-state index contributed by atoms with van der Waals surface area (Å²) in [4.78, 5) is 26.0. The molecule has 4 nitrogen and oxygen atoms in total. The third kappa shape index (κ3) is 3.82. The standard InChI is InChI=1S/C17H19NO3S2/c1-4-11(3)14(16(20)21)18-15(19)13(23-17(18)22)9-12-7-5-6-10(2)8-12/h5-9,11,14H,4H2,1-3H3,(H,20,21)/b13-9-/t11-,14+/m0/s1. The molecule has 1 amide bonds. The summed E-state index contributed by atoms with van der Waals surface area (Å²) in [6.07, 6.45) is 2.42. The molecule has 1 aromatic carbocycles. The molecular formula is C17H19NO3S2. The van der Waals surface area contributed by atoms with Crippen LogP contribution in [0.3, 0.4) is 0 Å². The smallest absolute Gasteiger partial charge is 0.327 e. The van der Waals surface area contributed by atoms with Crippen LogP contribution in [0.1, 0.15) is 31.4 Å². The van der Waals surface area contributed by atoms with E-state index in [1.165, 1.54) is 4.90 Å². The highest BCUT2D eigenvalue weighted by atomic mass is 32.2. The van der Waals surface area contributed by atoms with Gasteiger partial charge in [0.2, 0.25) is 0 Å². The van der Waals surface area contributed by atoms with E-state index in [9.17, 15) is 14.7 Å². The highest BCUT2D eigenvalue weighted by Gasteiger charge is 2.42. The zero-order valence-corrected chi connectivity index (χ0v) is 14.9. The summed E-state index contributed by atoms with van der Waals surface area (Å²) in [7, 11) is 0. The number of hydrogen-bond donors (Lipinski definition) is 1. The fraction of sp³-hybridized carbons (Fsp3) is 0.353. The summed E-state index contributed by atoms with van der Waals surface area (Å²) in [5, 5.41) is 9.50. The molecule has 23 heavy (non-hydrogen) atoms. The van der Waals surface area contributed by atoms with E-state index in [2.05, 4.69) is 0 Å². The third-order valence-electron chi connectivity index (χ3n) is 3.88. The molecule has 0 spiro atoms. The number of benzene rings is 1. The number of nitrogens with zero attached hydrogens (tertiary/aromatic N) is 1. The minimum atomic E-state index is -1.02. The van der Waals surface area contributed by atoms with Crippen molar-refractivity contribution in [3.05, 3.63) is 40.3 Å². The number of rotatable bonds is 5. The Kier molecular flexibility index (Phi) is 5.59. The lowest BCUT2D eigenvalue weighted by atomic mass is 9.98. The summed E-state index contributed by atoms with van der Waals surface area (Å²) in [6, 6.07) is 6.85. The average Bonchev–Trinajstić information content (AvgIpc) is 2.75. The summed E-state index contributed by atoms with van der Waals surface area (Å²) in [5.41, 5.74) is 2.00. The zero-order valence-electron chi connectivity index (χ0n) is 13.3. The Morgan fingerprint density at radius 1 is 1.48 bits per heavy atom. The van der Waals surface area contributed by atoms with Gasteiger partial charge in [0.15, 0.2) is 0 Å². The predicted octanol–water partition coefficient (Wildman–Crippen LogP) is 3.70. The first-order valence-electron chi connectivity index (χ1n) is 7.41. The molecule has 2 atom stereocenters. The molecule has 1 aliphatic rings. The molecule has 0 unspecified atom stereocenters. The first kappa shape index (κ1) is 17.7. The van der Waals surface area contributed by atoms with Gasteiger partial charge in [0.1, 0.15) is 10.4 Å². The summed E-state index contributed by atoms with van der Waals surface area (Å²) >= 11 is 6.42. The van der Waals surface area contributed by atoms with Gasteiger partial charge in [-0.1, -0.05) is 74.1 Å². The molecule has 122 valence electrons. The summed E-state index contributed by atoms with van der Waals surface area (Å²) < 4.78 is 0.307. The van der Waals surface area contributed by atoms with Gasteiger partial charge in [0.05, 0.1) is 4.91 Å². The van der Waals surface area contributed by atoms with Crippen LogP contribution in [-0.4, -0.2) is 32.2 Å². The van der Waals surface area contributed by atoms with Crippen LogP contribution in [-0.2, 0) is 9.59 Å². The van der Waals surface area contributed by atoms with Gasteiger partial charge in [-0.05, 0) is 24.5 Å². The normalized spacial score (nSPS) is 19.3. The van der Waals surface area contributed by atoms with Crippen LogP contribution >= 0.6 is 24.0 Å². The van der Waals surface area contributed by atoms with Crippen molar-refractivity contribution < 1.29 is 14.7 Å². The highest BCUT2D eigenvalue weighted by Crippen LogP contribution is 2.36. The third-order valence-corrected chi connectivity index (χ3v) is 5.21. The molecule has 1 heterocycles. The molecule has 0 saturated carbocycles. The fourth-order valence-electron chi connectivity index (χ4n) is 2.46. The van der Waals surface area contributed by atoms with Crippen LogP contribution < -0.4 is 0 Å². The van der Waals surface area contributed by atoms with Gasteiger partial charge in [-0.3, -0.25) is 9.69 Å². The zero-order chi connectivity index (χ0) is 17.1. The number of carbonyl (C=O) groups excluding carboxylic acids is 1. The lowest BCUT2D eigenvalue weighted by Gasteiger charge is -2.27. The van der Waals surface area contributed by atoms with Gasteiger partial charge in [-0.25, -0.2) is 4.79 Å². The fourth-order valence-corrected chi connectivity index (χ4v) is 3.79. The maximum absolute atomic E-state index is 12.7. The summed E-state index contributed by atoms with van der Waals surface area (Å²) in [6.45, 7) is 5.70. The SMILES string of the molecule is CC[C@H](C)[C@H](C(=O)O)N1C(=O)/C(=C/c2cccc(C)c2)SC1=S. The highest BCUT2D eigenvalue weighted by molar-refractivity contribution is 8.26. The molecule has 1 aliphatic heterocycles. The molecule has 1 aromatic rings. The van der Waals surface area contributed by atoms with E-state index in [1.807, 2.05) is 45.0 Å². The van der Waals surface area contributed by atoms with Crippen molar-refractivity contribution in [2.24, 2.45) is 5.92 Å². The molecular weight excluding hydrogens is 330 g/mol. The number of hydrogen-bond acceptors (Lipinski definition) is 4. The van der Waals surface area contributed by atoms with Crippen molar-refractivity contribution in [2.75, 3.05) is 0 Å². The van der Waals surface area contributed by atoms with Crippen molar-refractivity contribution in [1.82, 2.24) is 4.90 Å². The molecule has 0 radical (unpaired) electrons. The van der Waals surface area contributed by atoms with Gasteiger partial charge in [-0.2, -0.15) is 0 Å². The lowest BCUT2D eigenvalue weighted by molar-refractivity contribution is -0.147. The molecule has 1 saturated heterocycles. The second-order valence-electron chi connectivity index (χ2n) is 5.63. The Hall–Kier alpha value is -1.66. The van der Waals surface area contributed by atoms with Crippen LogP contribution in [0.15, 0.2) is 29.2 Å². The first-order valence-corrected chi connectivity index (χ1v) is 8.64. The Labute approximate surface area is 145 Å². The van der Waals surface area contributed by atoms with Crippen LogP contribution in [0.4, 0.5) is 0 Å². The van der Waals surface area contributed by atoms with Gasteiger partial charge in [0.25, 0.3) is 5.91 Å². The number of aryl methyl sites for hydroxylation is 1. The van der Waals surface area contributed by atoms with Crippen LogP contribution in [0, 0.1) is 12.8 Å². The Bertz CT molecular complexity index is 684. The second-order valence-corrected chi connectivity index (χ2v) is 7.31. The second kappa shape index (κ2) is 7.27. The quantitative estimate of drug-likeness (QED) is 0.649. The van der Waals surface area contributed by atoms with E-state index < -0.39 is 12.0 Å². The monoisotopic (exact) mass is 349 g/mol. The number of amides is 1. The molecule has 1 N–H and O–H groups in total. The number of thiocarbonyl (C=S) groups is 1. The maximum atomic E-state index is 12.7. The molecule has 0 aromatic heterocycles. The van der Waals surface area contributed by atoms with Crippen LogP contribution in [0.2, 0.25) is 0 Å². The first-order chi connectivity index (χ1) is 10.8. The number of carbonyl (C=O) groups is 2. The van der Waals surface area contributed by atoms with Crippen molar-refractivity contribution in [3.63, 3.8) is 0 Å². The Morgan fingerprint density at radius 3 is 2.74 bits per heavy atom. The Morgan fingerprint density at radius 2 is 2.17 bits per heavy atom. The van der Waals surface area contributed by atoms with E-state index in [0.717, 1.165) is 22.9 Å². The van der Waals surface area contributed by atoms with E-state index in [-0.39, 0.29) is 11.8 Å². The number of carboxylic acids is 1. The molecule has 6 heteroatoms.